The van der Waals surface area contributed by atoms with Gasteiger partial charge in [-0.1, -0.05) is 12.2 Å². The molecule has 0 heterocycles. The molecule has 2 heteroatoms. The maximum Gasteiger partial charge on any atom is 0.306 e. The van der Waals surface area contributed by atoms with Crippen molar-refractivity contribution in [2.45, 2.75) is 46.1 Å². The molecule has 0 atom stereocenters. The molecule has 0 saturated carbocycles. The van der Waals surface area contributed by atoms with Crippen LogP contribution in [0.4, 0.5) is 0 Å². The van der Waals surface area contributed by atoms with Gasteiger partial charge in [0.2, 0.25) is 0 Å². The molecular weight excluding hydrogens is 152 g/mol. The molecule has 0 aliphatic rings. The van der Waals surface area contributed by atoms with Crippen LogP contribution >= 0.6 is 0 Å². The normalized spacial score (nSPS) is 11.0. The molecule has 0 saturated heterocycles. The zero-order valence-electron chi connectivity index (χ0n) is 8.17. The maximum absolute atomic E-state index is 11.0. The van der Waals surface area contributed by atoms with Gasteiger partial charge in [-0.05, 0) is 33.6 Å². The van der Waals surface area contributed by atoms with Crippen molar-refractivity contribution in [3.05, 3.63) is 12.2 Å². The molecule has 0 amide bonds. The van der Waals surface area contributed by atoms with Gasteiger partial charge in [-0.25, -0.2) is 0 Å². The molecule has 0 aromatic rings. The first-order valence-corrected chi connectivity index (χ1v) is 4.47. The minimum Gasteiger partial charge on any atom is -0.463 e. The summed E-state index contributed by atoms with van der Waals surface area (Å²) >= 11 is 0. The van der Waals surface area contributed by atoms with Gasteiger partial charge in [-0.15, -0.1) is 0 Å². The first-order chi connectivity index (χ1) is 5.66. The number of carbonyl (C=O) groups excluding carboxylic acids is 1. The van der Waals surface area contributed by atoms with Crippen molar-refractivity contribution >= 4 is 5.97 Å². The van der Waals surface area contributed by atoms with E-state index in [1.54, 1.807) is 0 Å². The SMILES string of the molecule is CC=CCCCC(=O)OC(C)C. The minimum atomic E-state index is -0.0884. The summed E-state index contributed by atoms with van der Waals surface area (Å²) in [5.74, 6) is -0.0884. The van der Waals surface area contributed by atoms with Crippen LogP contribution in [-0.4, -0.2) is 12.1 Å². The topological polar surface area (TPSA) is 26.3 Å². The lowest BCUT2D eigenvalue weighted by molar-refractivity contribution is -0.147. The van der Waals surface area contributed by atoms with Crippen LogP contribution in [0.3, 0.4) is 0 Å². The Hall–Kier alpha value is -0.790. The van der Waals surface area contributed by atoms with Gasteiger partial charge >= 0.3 is 5.97 Å². The van der Waals surface area contributed by atoms with Crippen LogP contribution in [0.1, 0.15) is 40.0 Å². The molecule has 0 unspecified atom stereocenters. The third kappa shape index (κ3) is 7.32. The van der Waals surface area contributed by atoms with E-state index < -0.39 is 0 Å². The summed E-state index contributed by atoms with van der Waals surface area (Å²) in [5.41, 5.74) is 0. The molecule has 70 valence electrons. The van der Waals surface area contributed by atoms with Crippen molar-refractivity contribution in [2.75, 3.05) is 0 Å². The number of hydrogen-bond donors (Lipinski definition) is 0. The highest BCUT2D eigenvalue weighted by Crippen LogP contribution is 2.00. The smallest absolute Gasteiger partial charge is 0.306 e. The Morgan fingerprint density at radius 1 is 1.50 bits per heavy atom. The molecule has 0 aromatic carbocycles. The van der Waals surface area contributed by atoms with Crippen LogP contribution in [-0.2, 0) is 9.53 Å². The molecule has 0 spiro atoms. The van der Waals surface area contributed by atoms with E-state index in [-0.39, 0.29) is 12.1 Å². The van der Waals surface area contributed by atoms with Crippen molar-refractivity contribution in [2.24, 2.45) is 0 Å². The molecule has 0 aliphatic carbocycles. The molecule has 0 aliphatic heterocycles. The van der Waals surface area contributed by atoms with Gasteiger partial charge in [0.25, 0.3) is 0 Å². The number of allylic oxidation sites excluding steroid dienone is 2. The molecular formula is C10H18O2. The Labute approximate surface area is 74.6 Å². The monoisotopic (exact) mass is 170 g/mol. The fraction of sp³-hybridized carbons (Fsp3) is 0.700. The fourth-order valence-electron chi connectivity index (χ4n) is 0.853. The highest BCUT2D eigenvalue weighted by molar-refractivity contribution is 5.69. The second-order valence-corrected chi connectivity index (χ2v) is 3.00. The highest BCUT2D eigenvalue weighted by atomic mass is 16.5. The highest BCUT2D eigenvalue weighted by Gasteiger charge is 2.03. The van der Waals surface area contributed by atoms with Gasteiger partial charge in [0.1, 0.15) is 0 Å². The van der Waals surface area contributed by atoms with E-state index in [0.29, 0.717) is 6.42 Å². The third-order valence-electron chi connectivity index (χ3n) is 1.35. The van der Waals surface area contributed by atoms with Crippen molar-refractivity contribution in [1.29, 1.82) is 0 Å². The molecule has 0 N–H and O–H groups in total. The molecule has 0 bridgehead atoms. The van der Waals surface area contributed by atoms with Gasteiger partial charge in [-0.2, -0.15) is 0 Å². The van der Waals surface area contributed by atoms with Gasteiger partial charge in [0.15, 0.2) is 0 Å². The lowest BCUT2D eigenvalue weighted by Gasteiger charge is -2.06. The molecule has 0 fully saturated rings. The van der Waals surface area contributed by atoms with Gasteiger partial charge in [0.05, 0.1) is 6.10 Å². The van der Waals surface area contributed by atoms with Crippen LogP contribution < -0.4 is 0 Å². The van der Waals surface area contributed by atoms with Crippen molar-refractivity contribution in [1.82, 2.24) is 0 Å². The van der Waals surface area contributed by atoms with E-state index in [4.69, 9.17) is 4.74 Å². The number of rotatable bonds is 5. The Morgan fingerprint density at radius 3 is 2.67 bits per heavy atom. The predicted molar refractivity (Wildman–Crippen MR) is 49.9 cm³/mol. The van der Waals surface area contributed by atoms with Crippen LogP contribution in [0.5, 0.6) is 0 Å². The number of esters is 1. The summed E-state index contributed by atoms with van der Waals surface area (Å²) in [4.78, 5) is 11.0. The van der Waals surface area contributed by atoms with E-state index in [2.05, 4.69) is 6.08 Å². The number of hydrogen-bond acceptors (Lipinski definition) is 2. The molecule has 12 heavy (non-hydrogen) atoms. The largest absolute Gasteiger partial charge is 0.463 e. The molecule has 2 nitrogen and oxygen atoms in total. The summed E-state index contributed by atoms with van der Waals surface area (Å²) in [6, 6.07) is 0. The Bertz CT molecular complexity index is 148. The average molecular weight is 170 g/mol. The average Bonchev–Trinajstić information content (AvgIpc) is 1.97. The molecule has 0 radical (unpaired) electrons. The van der Waals surface area contributed by atoms with E-state index >= 15 is 0 Å². The number of ether oxygens (including phenoxy) is 1. The van der Waals surface area contributed by atoms with Crippen LogP contribution in [0, 0.1) is 0 Å². The number of carbonyl (C=O) groups is 1. The Morgan fingerprint density at radius 2 is 2.17 bits per heavy atom. The Kier molecular flexibility index (Phi) is 6.44. The van der Waals surface area contributed by atoms with Crippen molar-refractivity contribution in [3.63, 3.8) is 0 Å². The summed E-state index contributed by atoms with van der Waals surface area (Å²) in [7, 11) is 0. The third-order valence-corrected chi connectivity index (χ3v) is 1.35. The predicted octanol–water partition coefficient (Wildman–Crippen LogP) is 2.68. The van der Waals surface area contributed by atoms with Crippen LogP contribution in [0.2, 0.25) is 0 Å². The second kappa shape index (κ2) is 6.89. The van der Waals surface area contributed by atoms with Crippen LogP contribution in [0.15, 0.2) is 12.2 Å². The second-order valence-electron chi connectivity index (χ2n) is 3.00. The quantitative estimate of drug-likeness (QED) is 0.360. The van der Waals surface area contributed by atoms with E-state index in [0.717, 1.165) is 12.8 Å². The first-order valence-electron chi connectivity index (χ1n) is 4.47. The zero-order valence-corrected chi connectivity index (χ0v) is 8.17. The maximum atomic E-state index is 11.0. The standard InChI is InChI=1S/C10H18O2/c1-4-5-6-7-8-10(11)12-9(2)3/h4-5,9H,6-8H2,1-3H3. The Balaban J connectivity index is 3.32. The van der Waals surface area contributed by atoms with Crippen LogP contribution in [0.25, 0.3) is 0 Å². The van der Waals surface area contributed by atoms with Gasteiger partial charge in [0, 0.05) is 6.42 Å². The lowest BCUT2D eigenvalue weighted by Crippen LogP contribution is -2.10. The van der Waals surface area contributed by atoms with Gasteiger partial charge in [-0.3, -0.25) is 4.79 Å². The summed E-state index contributed by atoms with van der Waals surface area (Å²) in [6.45, 7) is 5.71. The summed E-state index contributed by atoms with van der Waals surface area (Å²) < 4.78 is 4.97. The van der Waals surface area contributed by atoms with E-state index in [9.17, 15) is 4.79 Å². The summed E-state index contributed by atoms with van der Waals surface area (Å²) in [6.07, 6.45) is 6.44. The van der Waals surface area contributed by atoms with Crippen molar-refractivity contribution in [3.8, 4) is 0 Å². The summed E-state index contributed by atoms with van der Waals surface area (Å²) in [5, 5.41) is 0. The minimum absolute atomic E-state index is 0.0132. The van der Waals surface area contributed by atoms with E-state index in [1.807, 2.05) is 26.8 Å². The van der Waals surface area contributed by atoms with E-state index in [1.165, 1.54) is 0 Å². The molecule has 0 aromatic heterocycles. The zero-order chi connectivity index (χ0) is 9.40. The lowest BCUT2D eigenvalue weighted by atomic mass is 10.2. The molecule has 0 rings (SSSR count). The van der Waals surface area contributed by atoms with Gasteiger partial charge < -0.3 is 4.74 Å². The first kappa shape index (κ1) is 11.2. The number of unbranched alkanes of at least 4 members (excludes halogenated alkanes) is 1. The fourth-order valence-corrected chi connectivity index (χ4v) is 0.853. The van der Waals surface area contributed by atoms with Crippen molar-refractivity contribution < 1.29 is 9.53 Å².